The number of rotatable bonds is 6. The molecule has 33 heavy (non-hydrogen) atoms. The molecule has 1 aliphatic rings. The van der Waals surface area contributed by atoms with Crippen molar-refractivity contribution >= 4 is 33.7 Å². The predicted octanol–water partition coefficient (Wildman–Crippen LogP) is 5.09. The molecule has 2 aromatic heterocycles. The van der Waals surface area contributed by atoms with Gasteiger partial charge in [0.25, 0.3) is 6.01 Å². The third-order valence-corrected chi connectivity index (χ3v) is 6.49. The summed E-state index contributed by atoms with van der Waals surface area (Å²) >= 11 is 6.07. The van der Waals surface area contributed by atoms with Crippen LogP contribution in [0.15, 0.2) is 47.3 Å². The third kappa shape index (κ3) is 4.80. The second kappa shape index (κ2) is 10.4. The van der Waals surface area contributed by atoms with Crippen LogP contribution in [0.1, 0.15) is 39.2 Å². The molecular formula is C25H32ClN5O2. The van der Waals surface area contributed by atoms with Crippen molar-refractivity contribution in [1.82, 2.24) is 24.0 Å². The van der Waals surface area contributed by atoms with Crippen LogP contribution in [0, 0.1) is 0 Å². The number of halogens is 1. The van der Waals surface area contributed by atoms with E-state index in [9.17, 15) is 4.79 Å². The molecule has 2 aromatic carbocycles. The van der Waals surface area contributed by atoms with Crippen LogP contribution in [0.5, 0.6) is 6.01 Å². The number of fused-ring (bicyclic) bond motifs is 2. The van der Waals surface area contributed by atoms with E-state index in [0.29, 0.717) is 11.0 Å². The topological polar surface area (TPSA) is 68.1 Å². The van der Waals surface area contributed by atoms with E-state index in [1.54, 1.807) is 7.11 Å². The minimum atomic E-state index is -0.0465. The number of hydrogen-bond acceptors (Lipinski definition) is 4. The number of piperidine rings is 1. The van der Waals surface area contributed by atoms with Gasteiger partial charge in [0, 0.05) is 30.7 Å². The SMILES string of the molecule is CC.COc1nc2ccccc2n1CCCN1CCC(n2c(=O)[nH]c3cc(Cl)ccc32)CC1. The zero-order chi connectivity index (χ0) is 23.4. The first-order valence-corrected chi connectivity index (χ1v) is 12.1. The van der Waals surface area contributed by atoms with Crippen LogP contribution in [-0.2, 0) is 6.54 Å². The van der Waals surface area contributed by atoms with E-state index in [1.165, 1.54) is 0 Å². The van der Waals surface area contributed by atoms with Gasteiger partial charge in [-0.25, -0.2) is 4.79 Å². The van der Waals surface area contributed by atoms with Crippen molar-refractivity contribution in [3.8, 4) is 6.01 Å². The Labute approximate surface area is 198 Å². The van der Waals surface area contributed by atoms with Crippen molar-refractivity contribution in [3.05, 3.63) is 58.0 Å². The van der Waals surface area contributed by atoms with Crippen LogP contribution in [-0.4, -0.2) is 50.7 Å². The average molecular weight is 470 g/mol. The molecule has 1 N–H and O–H groups in total. The number of para-hydroxylation sites is 2. The Balaban J connectivity index is 0.00000126. The number of aryl methyl sites for hydroxylation is 1. The summed E-state index contributed by atoms with van der Waals surface area (Å²) in [5.74, 6) is 0. The fourth-order valence-corrected chi connectivity index (χ4v) is 4.92. The molecule has 0 amide bonds. The number of aromatic nitrogens is 4. The molecule has 1 aliphatic heterocycles. The maximum Gasteiger partial charge on any atom is 0.326 e. The van der Waals surface area contributed by atoms with Gasteiger partial charge in [-0.15, -0.1) is 0 Å². The number of ether oxygens (including phenoxy) is 1. The number of hydrogen-bond donors (Lipinski definition) is 1. The number of aromatic amines is 1. The Morgan fingerprint density at radius 3 is 2.61 bits per heavy atom. The van der Waals surface area contributed by atoms with E-state index < -0.39 is 0 Å². The largest absolute Gasteiger partial charge is 0.468 e. The zero-order valence-corrected chi connectivity index (χ0v) is 20.3. The molecule has 1 saturated heterocycles. The fourth-order valence-electron chi connectivity index (χ4n) is 4.74. The average Bonchev–Trinajstić information content (AvgIpc) is 3.37. The van der Waals surface area contributed by atoms with Crippen molar-refractivity contribution in [1.29, 1.82) is 0 Å². The van der Waals surface area contributed by atoms with Crippen molar-refractivity contribution in [2.45, 2.75) is 45.7 Å². The van der Waals surface area contributed by atoms with Gasteiger partial charge in [0.1, 0.15) is 0 Å². The number of methoxy groups -OCH3 is 1. The normalized spacial score (nSPS) is 15.0. The second-order valence-electron chi connectivity index (χ2n) is 8.13. The predicted molar refractivity (Wildman–Crippen MR) is 135 cm³/mol. The molecule has 0 atom stereocenters. The molecule has 8 heteroatoms. The Bertz CT molecular complexity index is 1270. The van der Waals surface area contributed by atoms with Crippen LogP contribution in [0.3, 0.4) is 0 Å². The Morgan fingerprint density at radius 2 is 1.85 bits per heavy atom. The second-order valence-corrected chi connectivity index (χ2v) is 8.56. The molecule has 0 saturated carbocycles. The molecular weight excluding hydrogens is 438 g/mol. The first-order chi connectivity index (χ1) is 16.1. The van der Waals surface area contributed by atoms with Crippen molar-refractivity contribution < 1.29 is 4.74 Å². The van der Waals surface area contributed by atoms with Gasteiger partial charge in [0.2, 0.25) is 0 Å². The summed E-state index contributed by atoms with van der Waals surface area (Å²) in [6, 6.07) is 14.6. The maximum absolute atomic E-state index is 12.5. The highest BCUT2D eigenvalue weighted by molar-refractivity contribution is 6.31. The summed E-state index contributed by atoms with van der Waals surface area (Å²) in [6.07, 6.45) is 2.95. The molecule has 7 nitrogen and oxygen atoms in total. The Kier molecular flexibility index (Phi) is 7.40. The van der Waals surface area contributed by atoms with E-state index >= 15 is 0 Å². The highest BCUT2D eigenvalue weighted by atomic mass is 35.5. The molecule has 0 unspecified atom stereocenters. The molecule has 0 radical (unpaired) electrons. The smallest absolute Gasteiger partial charge is 0.326 e. The van der Waals surface area contributed by atoms with Crippen LogP contribution in [0.4, 0.5) is 0 Å². The zero-order valence-electron chi connectivity index (χ0n) is 19.6. The molecule has 176 valence electrons. The molecule has 0 spiro atoms. The molecule has 1 fully saturated rings. The number of nitrogens with zero attached hydrogens (tertiary/aromatic N) is 4. The van der Waals surface area contributed by atoms with E-state index in [2.05, 4.69) is 25.5 Å². The molecule has 4 aromatic rings. The van der Waals surface area contributed by atoms with Gasteiger partial charge < -0.3 is 14.6 Å². The standard InChI is InChI=1S/C23H26ClN5O2.C2H6/c1-31-23-26-18-5-2-3-6-20(18)28(23)12-4-11-27-13-9-17(10-14-27)29-21-8-7-16(24)15-19(21)25-22(29)30;1-2/h2-3,5-8,15,17H,4,9-14H2,1H3,(H,25,30);1-2H3. The van der Waals surface area contributed by atoms with E-state index in [-0.39, 0.29) is 11.7 Å². The summed E-state index contributed by atoms with van der Waals surface area (Å²) in [4.78, 5) is 22.5. The highest BCUT2D eigenvalue weighted by Gasteiger charge is 2.23. The molecule has 0 bridgehead atoms. The number of likely N-dealkylation sites (tertiary alicyclic amines) is 1. The third-order valence-electron chi connectivity index (χ3n) is 6.26. The van der Waals surface area contributed by atoms with Crippen molar-refractivity contribution in [2.24, 2.45) is 0 Å². The Hall–Kier alpha value is -2.77. The van der Waals surface area contributed by atoms with Crippen LogP contribution < -0.4 is 10.4 Å². The van der Waals surface area contributed by atoms with Gasteiger partial charge in [0.15, 0.2) is 0 Å². The van der Waals surface area contributed by atoms with Crippen molar-refractivity contribution in [3.63, 3.8) is 0 Å². The first-order valence-electron chi connectivity index (χ1n) is 11.8. The van der Waals surface area contributed by atoms with Gasteiger partial charge >= 0.3 is 5.69 Å². The Morgan fingerprint density at radius 1 is 1.09 bits per heavy atom. The lowest BCUT2D eigenvalue weighted by molar-refractivity contribution is 0.182. The maximum atomic E-state index is 12.5. The summed E-state index contributed by atoms with van der Waals surface area (Å²) in [6.45, 7) is 7.85. The minimum Gasteiger partial charge on any atom is -0.468 e. The van der Waals surface area contributed by atoms with E-state index in [0.717, 1.165) is 67.5 Å². The monoisotopic (exact) mass is 469 g/mol. The summed E-state index contributed by atoms with van der Waals surface area (Å²) in [7, 11) is 1.67. The number of nitrogens with one attached hydrogen (secondary N) is 1. The lowest BCUT2D eigenvalue weighted by Crippen LogP contribution is -2.37. The lowest BCUT2D eigenvalue weighted by Gasteiger charge is -2.32. The lowest BCUT2D eigenvalue weighted by atomic mass is 10.0. The number of benzene rings is 2. The van der Waals surface area contributed by atoms with Gasteiger partial charge in [-0.3, -0.25) is 9.13 Å². The van der Waals surface area contributed by atoms with Crippen LogP contribution in [0.2, 0.25) is 5.02 Å². The number of H-pyrrole nitrogens is 1. The summed E-state index contributed by atoms with van der Waals surface area (Å²) in [5, 5.41) is 0.637. The van der Waals surface area contributed by atoms with E-state index in [1.807, 2.05) is 54.8 Å². The van der Waals surface area contributed by atoms with Crippen LogP contribution >= 0.6 is 11.6 Å². The van der Waals surface area contributed by atoms with Crippen LogP contribution in [0.25, 0.3) is 22.1 Å². The molecule has 5 rings (SSSR count). The molecule has 3 heterocycles. The number of imidazole rings is 2. The summed E-state index contributed by atoms with van der Waals surface area (Å²) in [5.41, 5.74) is 3.77. The van der Waals surface area contributed by atoms with Gasteiger partial charge in [-0.2, -0.15) is 4.98 Å². The quantitative estimate of drug-likeness (QED) is 0.427. The molecule has 0 aliphatic carbocycles. The van der Waals surface area contributed by atoms with Gasteiger partial charge in [0.05, 0.1) is 29.2 Å². The fraction of sp³-hybridized carbons (Fsp3) is 0.440. The minimum absolute atomic E-state index is 0.0465. The summed E-state index contributed by atoms with van der Waals surface area (Å²) < 4.78 is 9.54. The van der Waals surface area contributed by atoms with Gasteiger partial charge in [-0.05, 0) is 56.1 Å². The van der Waals surface area contributed by atoms with E-state index in [4.69, 9.17) is 16.3 Å². The highest BCUT2D eigenvalue weighted by Crippen LogP contribution is 2.27. The first kappa shape index (κ1) is 23.4. The van der Waals surface area contributed by atoms with Gasteiger partial charge in [-0.1, -0.05) is 37.6 Å². The van der Waals surface area contributed by atoms with Crippen molar-refractivity contribution in [2.75, 3.05) is 26.7 Å².